The van der Waals surface area contributed by atoms with Gasteiger partial charge < -0.3 is 10.4 Å². The van der Waals surface area contributed by atoms with Crippen LogP contribution in [0.25, 0.3) is 0 Å². The van der Waals surface area contributed by atoms with Gasteiger partial charge in [0.05, 0.1) is 18.7 Å². The van der Waals surface area contributed by atoms with Gasteiger partial charge in [0, 0.05) is 11.9 Å². The first-order valence-corrected chi connectivity index (χ1v) is 6.74. The first-order valence-electron chi connectivity index (χ1n) is 5.92. The Morgan fingerprint density at radius 1 is 1.40 bits per heavy atom. The number of amides is 1. The predicted molar refractivity (Wildman–Crippen MR) is 73.6 cm³/mol. The molecule has 0 spiro atoms. The third kappa shape index (κ3) is 3.61. The molecule has 1 amide bonds. The number of carboxylic acid groups (broad SMARTS) is 1. The van der Waals surface area contributed by atoms with Crippen LogP contribution in [-0.2, 0) is 17.8 Å². The molecule has 0 fully saturated rings. The van der Waals surface area contributed by atoms with Crippen LogP contribution in [0.1, 0.15) is 26.1 Å². The molecule has 0 aliphatic rings. The van der Waals surface area contributed by atoms with Crippen molar-refractivity contribution in [1.29, 1.82) is 0 Å². The van der Waals surface area contributed by atoms with Gasteiger partial charge in [0.25, 0.3) is 0 Å². The first-order chi connectivity index (χ1) is 9.56. The highest BCUT2D eigenvalue weighted by atomic mass is 32.1. The van der Waals surface area contributed by atoms with Crippen LogP contribution in [-0.4, -0.2) is 27.0 Å². The van der Waals surface area contributed by atoms with E-state index in [4.69, 9.17) is 5.11 Å². The first kappa shape index (κ1) is 14.1. The Kier molecular flexibility index (Phi) is 4.41. The van der Waals surface area contributed by atoms with Crippen molar-refractivity contribution in [2.75, 3.05) is 0 Å². The van der Waals surface area contributed by atoms with Crippen LogP contribution >= 0.6 is 11.3 Å². The lowest BCUT2D eigenvalue weighted by atomic mass is 10.2. The molecule has 2 aromatic heterocycles. The molecule has 0 unspecified atom stereocenters. The molecule has 0 atom stereocenters. The van der Waals surface area contributed by atoms with Gasteiger partial charge in [-0.1, -0.05) is 6.07 Å². The molecule has 2 N–H and O–H groups in total. The van der Waals surface area contributed by atoms with E-state index in [1.165, 1.54) is 0 Å². The van der Waals surface area contributed by atoms with E-state index in [-0.39, 0.29) is 23.7 Å². The van der Waals surface area contributed by atoms with E-state index >= 15 is 0 Å². The number of carbonyl (C=O) groups is 2. The van der Waals surface area contributed by atoms with E-state index in [1.807, 2.05) is 6.07 Å². The summed E-state index contributed by atoms with van der Waals surface area (Å²) in [5.74, 6) is -1.17. The maximum absolute atomic E-state index is 11.7. The molecule has 2 heterocycles. The van der Waals surface area contributed by atoms with Gasteiger partial charge in [0.1, 0.15) is 9.88 Å². The number of carbonyl (C=O) groups excluding carboxylic acids is 1. The molecule has 0 aromatic carbocycles. The largest absolute Gasteiger partial charge is 0.477 e. The van der Waals surface area contributed by atoms with Crippen LogP contribution in [0, 0.1) is 6.92 Å². The Hall–Kier alpha value is -2.28. The molecule has 7 heteroatoms. The molecule has 0 saturated carbocycles. The minimum absolute atomic E-state index is 0.173. The van der Waals surface area contributed by atoms with E-state index in [0.29, 0.717) is 16.4 Å². The van der Waals surface area contributed by atoms with Gasteiger partial charge in [0.2, 0.25) is 5.91 Å². The second kappa shape index (κ2) is 6.25. The molecule has 104 valence electrons. The number of hydrogen-bond acceptors (Lipinski definition) is 5. The second-order valence-corrected chi connectivity index (χ2v) is 5.19. The number of aryl methyl sites for hydroxylation is 1. The Labute approximate surface area is 119 Å². The van der Waals surface area contributed by atoms with Crippen LogP contribution in [0.15, 0.2) is 24.4 Å². The molecule has 2 aromatic rings. The van der Waals surface area contributed by atoms with Gasteiger partial charge in [-0.3, -0.25) is 9.78 Å². The highest BCUT2D eigenvalue weighted by molar-refractivity contribution is 7.13. The van der Waals surface area contributed by atoms with Gasteiger partial charge in [-0.15, -0.1) is 11.3 Å². The predicted octanol–water partition coefficient (Wildman–Crippen LogP) is 1.40. The second-order valence-electron chi connectivity index (χ2n) is 4.10. The van der Waals surface area contributed by atoms with Gasteiger partial charge in [0.15, 0.2) is 0 Å². The van der Waals surface area contributed by atoms with Gasteiger partial charge in [-0.25, -0.2) is 9.78 Å². The highest BCUT2D eigenvalue weighted by Crippen LogP contribution is 2.17. The third-order valence-electron chi connectivity index (χ3n) is 2.54. The summed E-state index contributed by atoms with van der Waals surface area (Å²) in [5.41, 5.74) is 1.16. The molecule has 6 nitrogen and oxygen atoms in total. The molecule has 0 saturated heterocycles. The standard InChI is InChI=1S/C13H13N3O3S/c1-8-12(13(18)19)20-11(16-8)7-15-10(17)6-9-4-2-3-5-14-9/h2-5H,6-7H2,1H3,(H,15,17)(H,18,19). The lowest BCUT2D eigenvalue weighted by Crippen LogP contribution is -2.24. The summed E-state index contributed by atoms with van der Waals surface area (Å²) in [4.78, 5) is 31.0. The Morgan fingerprint density at radius 2 is 2.20 bits per heavy atom. The van der Waals surface area contributed by atoms with Crippen molar-refractivity contribution >= 4 is 23.2 Å². The lowest BCUT2D eigenvalue weighted by molar-refractivity contribution is -0.120. The summed E-state index contributed by atoms with van der Waals surface area (Å²) in [6.07, 6.45) is 1.82. The molecule has 0 aliphatic carbocycles. The maximum atomic E-state index is 11.7. The van der Waals surface area contributed by atoms with Crippen molar-refractivity contribution in [2.45, 2.75) is 19.9 Å². The summed E-state index contributed by atoms with van der Waals surface area (Å²) >= 11 is 1.07. The smallest absolute Gasteiger partial charge is 0.347 e. The Morgan fingerprint density at radius 3 is 2.80 bits per heavy atom. The summed E-state index contributed by atoms with van der Waals surface area (Å²) in [7, 11) is 0. The van der Waals surface area contributed by atoms with Crippen molar-refractivity contribution in [3.8, 4) is 0 Å². The van der Waals surface area contributed by atoms with E-state index in [2.05, 4.69) is 15.3 Å². The van der Waals surface area contributed by atoms with Crippen molar-refractivity contribution in [1.82, 2.24) is 15.3 Å². The monoisotopic (exact) mass is 291 g/mol. The van der Waals surface area contributed by atoms with E-state index in [0.717, 1.165) is 11.3 Å². The number of nitrogens with one attached hydrogen (secondary N) is 1. The minimum Gasteiger partial charge on any atom is -0.477 e. The number of aromatic carboxylic acids is 1. The van der Waals surface area contributed by atoms with Gasteiger partial charge >= 0.3 is 5.97 Å². The average molecular weight is 291 g/mol. The summed E-state index contributed by atoms with van der Waals surface area (Å²) in [5, 5.41) is 12.2. The van der Waals surface area contributed by atoms with Crippen LogP contribution in [0.5, 0.6) is 0 Å². The van der Waals surface area contributed by atoms with Crippen molar-refractivity contribution in [2.24, 2.45) is 0 Å². The number of hydrogen-bond donors (Lipinski definition) is 2. The van der Waals surface area contributed by atoms with Gasteiger partial charge in [-0.2, -0.15) is 0 Å². The SMILES string of the molecule is Cc1nc(CNC(=O)Cc2ccccn2)sc1C(=O)O. The van der Waals surface area contributed by atoms with Crippen molar-refractivity contribution in [3.05, 3.63) is 45.7 Å². The van der Waals surface area contributed by atoms with Crippen LogP contribution in [0.2, 0.25) is 0 Å². The van der Waals surface area contributed by atoms with Crippen LogP contribution in [0.4, 0.5) is 0 Å². The molecule has 0 radical (unpaired) electrons. The molecular formula is C13H13N3O3S. The van der Waals surface area contributed by atoms with E-state index in [9.17, 15) is 9.59 Å². The fourth-order valence-corrected chi connectivity index (χ4v) is 2.47. The number of nitrogens with zero attached hydrogens (tertiary/aromatic N) is 2. The zero-order valence-electron chi connectivity index (χ0n) is 10.8. The highest BCUT2D eigenvalue weighted by Gasteiger charge is 2.14. The van der Waals surface area contributed by atoms with Crippen molar-refractivity contribution in [3.63, 3.8) is 0 Å². The topological polar surface area (TPSA) is 92.2 Å². The zero-order chi connectivity index (χ0) is 14.5. The number of aromatic nitrogens is 2. The van der Waals surface area contributed by atoms with E-state index < -0.39 is 5.97 Å². The van der Waals surface area contributed by atoms with E-state index in [1.54, 1.807) is 25.3 Å². The lowest BCUT2D eigenvalue weighted by Gasteiger charge is -2.02. The van der Waals surface area contributed by atoms with Crippen LogP contribution in [0.3, 0.4) is 0 Å². The molecule has 0 aliphatic heterocycles. The summed E-state index contributed by atoms with van der Waals surface area (Å²) in [6.45, 7) is 1.86. The number of pyridine rings is 1. The van der Waals surface area contributed by atoms with Crippen molar-refractivity contribution < 1.29 is 14.7 Å². The fraction of sp³-hybridized carbons (Fsp3) is 0.231. The number of thiazole rings is 1. The molecule has 0 bridgehead atoms. The molecule has 20 heavy (non-hydrogen) atoms. The normalized spacial score (nSPS) is 10.2. The fourth-order valence-electron chi connectivity index (χ4n) is 1.63. The summed E-state index contributed by atoms with van der Waals surface area (Å²) in [6, 6.07) is 5.38. The number of carboxylic acids is 1. The minimum atomic E-state index is -0.994. The molecular weight excluding hydrogens is 278 g/mol. The summed E-state index contributed by atoms with van der Waals surface area (Å²) < 4.78 is 0. The third-order valence-corrected chi connectivity index (χ3v) is 3.69. The molecule has 2 rings (SSSR count). The maximum Gasteiger partial charge on any atom is 0.347 e. The Balaban J connectivity index is 1.90. The van der Waals surface area contributed by atoms with Gasteiger partial charge in [-0.05, 0) is 19.1 Å². The average Bonchev–Trinajstić information content (AvgIpc) is 2.79. The van der Waals surface area contributed by atoms with Crippen LogP contribution < -0.4 is 5.32 Å². The zero-order valence-corrected chi connectivity index (χ0v) is 11.6. The quantitative estimate of drug-likeness (QED) is 0.868. The number of rotatable bonds is 5. The Bertz CT molecular complexity index is 625.